The first-order valence-electron chi connectivity index (χ1n) is 8.28. The number of carbonyl (C=O) groups excluding carboxylic acids is 1. The molecule has 0 saturated heterocycles. The molecule has 3 aromatic heterocycles. The molecule has 3 aromatic rings. The Bertz CT molecular complexity index is 1070. The van der Waals surface area contributed by atoms with Gasteiger partial charge in [-0.15, -0.1) is 0 Å². The maximum Gasteiger partial charge on any atom is 0.449 e. The molecule has 188 valence electrons. The predicted molar refractivity (Wildman–Crippen MR) is 89.4 cm³/mol. The molecule has 34 heavy (non-hydrogen) atoms. The molecule has 0 atom stereocenters. The van der Waals surface area contributed by atoms with E-state index in [1.165, 1.54) is 0 Å². The highest BCUT2D eigenvalue weighted by Gasteiger charge is 2.36. The van der Waals surface area contributed by atoms with Gasteiger partial charge in [-0.25, -0.2) is 4.79 Å². The number of carbonyl (C=O) groups is 2. The van der Waals surface area contributed by atoms with Gasteiger partial charge in [-0.05, 0) is 36.4 Å². The fourth-order valence-corrected chi connectivity index (χ4v) is 1.79. The largest absolute Gasteiger partial charge is 0.475 e. The lowest BCUT2D eigenvalue weighted by molar-refractivity contribution is -0.154. The van der Waals surface area contributed by atoms with Crippen LogP contribution in [0, 0.1) is 0 Å². The minimum absolute atomic E-state index is 0.0858. The van der Waals surface area contributed by atoms with Gasteiger partial charge in [0.2, 0.25) is 23.0 Å². The zero-order chi connectivity index (χ0) is 26.3. The summed E-state index contributed by atoms with van der Waals surface area (Å²) in [6, 6.07) is 4.88. The lowest BCUT2D eigenvalue weighted by Gasteiger charge is -1.99. The third kappa shape index (κ3) is 8.68. The van der Waals surface area contributed by atoms with Crippen LogP contribution >= 0.6 is 0 Å². The number of carboxylic acids is 1. The number of aliphatic hydroxyl groups is 1. The summed E-state index contributed by atoms with van der Waals surface area (Å²) in [4.78, 5) is 20.0. The van der Waals surface area contributed by atoms with Crippen molar-refractivity contribution in [2.75, 3.05) is 0 Å². The van der Waals surface area contributed by atoms with Gasteiger partial charge in [0, 0.05) is 0 Å². The van der Waals surface area contributed by atoms with Crippen LogP contribution in [0.15, 0.2) is 49.6 Å². The molecule has 0 spiro atoms. The number of hydrogen-bond donors (Lipinski definition) is 2. The number of aromatic carboxylic acids is 1. The summed E-state index contributed by atoms with van der Waals surface area (Å²) in [6.45, 7) is -0.518. The van der Waals surface area contributed by atoms with Crippen LogP contribution in [0.3, 0.4) is 0 Å². The summed E-state index contributed by atoms with van der Waals surface area (Å²) in [5, 5.41) is 16.6. The van der Waals surface area contributed by atoms with Crippen molar-refractivity contribution >= 4 is 12.3 Å². The fourth-order valence-electron chi connectivity index (χ4n) is 1.79. The SMILES string of the molecule is O=C(O)c1ccc(C(F)(F)F)o1.O=Cc1ccc(C(F)(F)F)o1.OCc1ccc(C(F)(F)F)o1. The van der Waals surface area contributed by atoms with E-state index in [4.69, 9.17) is 10.2 Å². The van der Waals surface area contributed by atoms with E-state index in [1.54, 1.807) is 0 Å². The molecule has 0 unspecified atom stereocenters. The van der Waals surface area contributed by atoms with E-state index in [-0.39, 0.29) is 17.8 Å². The topological polar surface area (TPSA) is 114 Å². The Morgan fingerprint density at radius 2 is 1.18 bits per heavy atom. The second-order valence-electron chi connectivity index (χ2n) is 5.71. The first kappa shape index (κ1) is 28.3. The molecule has 0 radical (unpaired) electrons. The molecule has 0 saturated carbocycles. The first-order chi connectivity index (χ1) is 15.5. The predicted octanol–water partition coefficient (Wildman–Crippen LogP) is 5.90. The van der Waals surface area contributed by atoms with Crippen molar-refractivity contribution in [1.29, 1.82) is 0 Å². The van der Waals surface area contributed by atoms with Crippen molar-refractivity contribution < 1.29 is 72.6 Å². The standard InChI is InChI=1S/C6H3F3O3.C6H5F3O2.C6H3F3O2/c7-6(8,9)4-2-1-3(12-4)5(10)11;2*7-6(8,9)5-2-1-4(3-10)11-5/h1-2H,(H,10,11);1-2,10H,3H2;1-3H. The Labute approximate surface area is 182 Å². The van der Waals surface area contributed by atoms with Crippen molar-refractivity contribution in [3.05, 3.63) is 71.0 Å². The average molecular weight is 510 g/mol. The molecule has 0 aromatic carbocycles. The Morgan fingerprint density at radius 3 is 1.44 bits per heavy atom. The van der Waals surface area contributed by atoms with E-state index in [9.17, 15) is 49.1 Å². The smallest absolute Gasteiger partial charge is 0.449 e. The Morgan fingerprint density at radius 1 is 0.735 bits per heavy atom. The maximum absolute atomic E-state index is 11.8. The molecule has 0 bridgehead atoms. The summed E-state index contributed by atoms with van der Waals surface area (Å²) in [7, 11) is 0. The van der Waals surface area contributed by atoms with Crippen LogP contribution in [0.1, 0.15) is 44.2 Å². The highest BCUT2D eigenvalue weighted by atomic mass is 19.4. The van der Waals surface area contributed by atoms with Crippen LogP contribution in [0.4, 0.5) is 39.5 Å². The molecule has 0 fully saturated rings. The Hall–Kier alpha value is -3.69. The normalized spacial score (nSPS) is 11.7. The number of rotatable bonds is 3. The Kier molecular flexibility index (Phi) is 9.13. The van der Waals surface area contributed by atoms with Gasteiger partial charge in [-0.2, -0.15) is 39.5 Å². The molecule has 0 amide bonds. The van der Waals surface area contributed by atoms with E-state index in [2.05, 4.69) is 13.3 Å². The van der Waals surface area contributed by atoms with Crippen molar-refractivity contribution in [2.24, 2.45) is 0 Å². The lowest BCUT2D eigenvalue weighted by atomic mass is 10.4. The molecule has 0 aliphatic rings. The number of aliphatic hydroxyl groups excluding tert-OH is 1. The van der Waals surface area contributed by atoms with Crippen LogP contribution in [0.2, 0.25) is 0 Å². The Balaban J connectivity index is 0.000000255. The number of aldehydes is 1. The van der Waals surface area contributed by atoms with Crippen LogP contribution in [-0.4, -0.2) is 22.5 Å². The molecule has 0 aliphatic heterocycles. The van der Waals surface area contributed by atoms with Crippen LogP contribution in [-0.2, 0) is 25.1 Å². The van der Waals surface area contributed by atoms with Gasteiger partial charge in [-0.3, -0.25) is 4.79 Å². The second kappa shape index (κ2) is 11.0. The molecular weight excluding hydrogens is 499 g/mol. The summed E-state index contributed by atoms with van der Waals surface area (Å²) in [5.41, 5.74) is 0. The highest BCUT2D eigenvalue weighted by Crippen LogP contribution is 2.31. The van der Waals surface area contributed by atoms with Crippen LogP contribution < -0.4 is 0 Å². The summed E-state index contributed by atoms with van der Waals surface area (Å²) in [5.74, 6) is -6.19. The summed E-state index contributed by atoms with van der Waals surface area (Å²) < 4.78 is 118. The minimum atomic E-state index is -4.63. The molecule has 2 N–H and O–H groups in total. The number of halogens is 9. The van der Waals surface area contributed by atoms with E-state index in [1.807, 2.05) is 0 Å². The number of carboxylic acid groups (broad SMARTS) is 1. The number of hydrogen-bond acceptors (Lipinski definition) is 6. The zero-order valence-electron chi connectivity index (χ0n) is 16.1. The monoisotopic (exact) mass is 510 g/mol. The third-order valence-corrected chi connectivity index (χ3v) is 3.22. The zero-order valence-corrected chi connectivity index (χ0v) is 16.1. The van der Waals surface area contributed by atoms with Crippen molar-refractivity contribution in [1.82, 2.24) is 0 Å². The minimum Gasteiger partial charge on any atom is -0.475 e. The van der Waals surface area contributed by atoms with Gasteiger partial charge in [0.05, 0.1) is 0 Å². The van der Waals surface area contributed by atoms with Gasteiger partial charge in [0.15, 0.2) is 12.0 Å². The third-order valence-electron chi connectivity index (χ3n) is 3.22. The van der Waals surface area contributed by atoms with Gasteiger partial charge >= 0.3 is 24.5 Å². The molecule has 3 heterocycles. The van der Waals surface area contributed by atoms with Crippen LogP contribution in [0.25, 0.3) is 0 Å². The van der Waals surface area contributed by atoms with Crippen molar-refractivity contribution in [3.63, 3.8) is 0 Å². The molecule has 7 nitrogen and oxygen atoms in total. The molecule has 16 heteroatoms. The molecular formula is C18H11F9O7. The number of furan rings is 3. The van der Waals surface area contributed by atoms with E-state index in [0.29, 0.717) is 12.1 Å². The second-order valence-corrected chi connectivity index (χ2v) is 5.71. The highest BCUT2D eigenvalue weighted by molar-refractivity contribution is 5.84. The molecule has 3 rings (SSSR count). The fraction of sp³-hybridized carbons (Fsp3) is 0.222. The number of alkyl halides is 9. The lowest BCUT2D eigenvalue weighted by Crippen LogP contribution is -2.02. The summed E-state index contributed by atoms with van der Waals surface area (Å²) in [6.07, 6.45) is -13.4. The van der Waals surface area contributed by atoms with Gasteiger partial charge in [-0.1, -0.05) is 0 Å². The van der Waals surface area contributed by atoms with E-state index < -0.39 is 54.1 Å². The van der Waals surface area contributed by atoms with Gasteiger partial charge in [0.25, 0.3) is 0 Å². The molecule has 0 aliphatic carbocycles. The average Bonchev–Trinajstić information content (AvgIpc) is 3.47. The van der Waals surface area contributed by atoms with Crippen molar-refractivity contribution in [3.8, 4) is 0 Å². The van der Waals surface area contributed by atoms with Crippen molar-refractivity contribution in [2.45, 2.75) is 25.1 Å². The first-order valence-corrected chi connectivity index (χ1v) is 8.28. The van der Waals surface area contributed by atoms with E-state index >= 15 is 0 Å². The van der Waals surface area contributed by atoms with Gasteiger partial charge < -0.3 is 23.5 Å². The summed E-state index contributed by atoms with van der Waals surface area (Å²) >= 11 is 0. The van der Waals surface area contributed by atoms with Gasteiger partial charge in [0.1, 0.15) is 12.4 Å². The maximum atomic E-state index is 11.8. The quantitative estimate of drug-likeness (QED) is 0.333. The van der Waals surface area contributed by atoms with E-state index in [0.717, 1.165) is 24.3 Å². The van der Waals surface area contributed by atoms with Crippen LogP contribution in [0.5, 0.6) is 0 Å².